The molecular formula is C15H13ClN2O2. The van der Waals surface area contributed by atoms with Crippen molar-refractivity contribution in [3.8, 4) is 0 Å². The predicted octanol–water partition coefficient (Wildman–Crippen LogP) is 3.39. The lowest BCUT2D eigenvalue weighted by atomic mass is 10.2. The Morgan fingerprint density at radius 3 is 2.80 bits per heavy atom. The molecule has 0 aliphatic carbocycles. The lowest BCUT2D eigenvalue weighted by Gasteiger charge is -2.08. The molecule has 0 saturated carbocycles. The summed E-state index contributed by atoms with van der Waals surface area (Å²) in [5, 5.41) is 0.509. The second-order valence-electron chi connectivity index (χ2n) is 3.96. The van der Waals surface area contributed by atoms with Gasteiger partial charge in [0.25, 0.3) is 5.91 Å². The zero-order chi connectivity index (χ0) is 14.4. The van der Waals surface area contributed by atoms with Crippen molar-refractivity contribution in [2.45, 2.75) is 0 Å². The van der Waals surface area contributed by atoms with Gasteiger partial charge in [-0.05, 0) is 42.5 Å². The average molecular weight is 289 g/mol. The molecule has 1 heterocycles. The second-order valence-corrected chi connectivity index (χ2v) is 4.40. The summed E-state index contributed by atoms with van der Waals surface area (Å²) in [7, 11) is 0. The van der Waals surface area contributed by atoms with Gasteiger partial charge in [-0.15, -0.1) is 0 Å². The van der Waals surface area contributed by atoms with Crippen LogP contribution >= 0.6 is 11.6 Å². The minimum atomic E-state index is -0.292. The molecule has 0 fully saturated rings. The van der Waals surface area contributed by atoms with Crippen molar-refractivity contribution in [2.75, 3.05) is 0 Å². The van der Waals surface area contributed by atoms with E-state index in [9.17, 15) is 4.79 Å². The molecule has 0 atom stereocenters. The van der Waals surface area contributed by atoms with Gasteiger partial charge in [-0.1, -0.05) is 24.2 Å². The van der Waals surface area contributed by atoms with Gasteiger partial charge in [-0.3, -0.25) is 15.6 Å². The number of benzene rings is 1. The van der Waals surface area contributed by atoms with Gasteiger partial charge in [0.15, 0.2) is 0 Å². The highest BCUT2D eigenvalue weighted by molar-refractivity contribution is 6.30. The Hall–Kier alpha value is -2.46. The van der Waals surface area contributed by atoms with Gasteiger partial charge < -0.3 is 4.42 Å². The van der Waals surface area contributed by atoms with Crippen LogP contribution in [0.3, 0.4) is 0 Å². The Kier molecular flexibility index (Phi) is 4.63. The third-order valence-corrected chi connectivity index (χ3v) is 2.65. The van der Waals surface area contributed by atoms with Gasteiger partial charge in [-0.25, -0.2) is 0 Å². The van der Waals surface area contributed by atoms with Crippen LogP contribution in [-0.4, -0.2) is 5.91 Å². The zero-order valence-electron chi connectivity index (χ0n) is 10.6. The minimum absolute atomic E-state index is 0.292. The molecule has 1 aromatic carbocycles. The van der Waals surface area contributed by atoms with Gasteiger partial charge in [-0.2, -0.15) is 0 Å². The number of furan rings is 1. The summed E-state index contributed by atoms with van der Waals surface area (Å²) < 4.78 is 5.13. The highest BCUT2D eigenvalue weighted by atomic mass is 35.5. The largest absolute Gasteiger partial charge is 0.465 e. The number of allylic oxidation sites excluding steroid dienone is 1. The van der Waals surface area contributed by atoms with E-state index in [0.717, 1.165) is 0 Å². The quantitative estimate of drug-likeness (QED) is 0.655. The summed E-state index contributed by atoms with van der Waals surface area (Å²) in [6.07, 6.45) is 5.01. The molecule has 20 heavy (non-hydrogen) atoms. The Bertz CT molecular complexity index is 633. The van der Waals surface area contributed by atoms with Crippen molar-refractivity contribution < 1.29 is 9.21 Å². The number of rotatable bonds is 5. The van der Waals surface area contributed by atoms with Crippen LogP contribution in [0.15, 0.2) is 65.4 Å². The van der Waals surface area contributed by atoms with Gasteiger partial charge in [0, 0.05) is 16.3 Å². The number of amides is 1. The molecular weight excluding hydrogens is 276 g/mol. The van der Waals surface area contributed by atoms with Gasteiger partial charge in [0.2, 0.25) is 0 Å². The van der Waals surface area contributed by atoms with Crippen LogP contribution in [0.2, 0.25) is 5.02 Å². The van der Waals surface area contributed by atoms with E-state index < -0.39 is 0 Å². The molecule has 1 aromatic heterocycles. The molecule has 0 saturated heterocycles. The zero-order valence-corrected chi connectivity index (χ0v) is 11.4. The van der Waals surface area contributed by atoms with Gasteiger partial charge in [0.05, 0.1) is 6.26 Å². The fourth-order valence-electron chi connectivity index (χ4n) is 1.45. The van der Waals surface area contributed by atoms with E-state index in [2.05, 4.69) is 17.4 Å². The van der Waals surface area contributed by atoms with E-state index in [4.69, 9.17) is 16.0 Å². The molecule has 4 nitrogen and oxygen atoms in total. The Morgan fingerprint density at radius 1 is 1.25 bits per heavy atom. The third kappa shape index (κ3) is 4.03. The second kappa shape index (κ2) is 6.63. The van der Waals surface area contributed by atoms with Gasteiger partial charge in [0.1, 0.15) is 5.76 Å². The van der Waals surface area contributed by atoms with Crippen LogP contribution in [0.5, 0.6) is 0 Å². The monoisotopic (exact) mass is 288 g/mol. The highest BCUT2D eigenvalue weighted by Crippen LogP contribution is 2.10. The molecule has 0 radical (unpaired) electrons. The molecule has 0 unspecified atom stereocenters. The first-order valence-corrected chi connectivity index (χ1v) is 6.25. The third-order valence-electron chi connectivity index (χ3n) is 2.42. The summed E-state index contributed by atoms with van der Waals surface area (Å²) in [6, 6.07) is 10.3. The summed E-state index contributed by atoms with van der Waals surface area (Å²) in [5.41, 5.74) is 6.21. The maximum absolute atomic E-state index is 11.8. The summed E-state index contributed by atoms with van der Waals surface area (Å²) >= 11 is 5.82. The van der Waals surface area contributed by atoms with Crippen molar-refractivity contribution >= 4 is 23.6 Å². The van der Waals surface area contributed by atoms with E-state index in [-0.39, 0.29) is 5.91 Å². The van der Waals surface area contributed by atoms with Crippen LogP contribution in [0.25, 0.3) is 6.08 Å². The van der Waals surface area contributed by atoms with E-state index >= 15 is 0 Å². The molecule has 0 aliphatic rings. The van der Waals surface area contributed by atoms with Crippen molar-refractivity contribution in [2.24, 2.45) is 0 Å². The summed E-state index contributed by atoms with van der Waals surface area (Å²) in [4.78, 5) is 11.8. The van der Waals surface area contributed by atoms with Crippen LogP contribution in [0.1, 0.15) is 16.1 Å². The van der Waals surface area contributed by atoms with Crippen LogP contribution < -0.4 is 10.9 Å². The first-order valence-electron chi connectivity index (χ1n) is 5.87. The molecule has 2 aromatic rings. The van der Waals surface area contributed by atoms with E-state index in [1.54, 1.807) is 48.7 Å². The standard InChI is InChI=1S/C15H13ClN2O2/c1-11(7-8-14-6-3-9-20-14)17-18-15(19)12-4-2-5-13(16)10-12/h2-10,17H,1H2,(H,18,19). The lowest BCUT2D eigenvalue weighted by Crippen LogP contribution is -2.35. The fraction of sp³-hybridized carbons (Fsp3) is 0. The van der Waals surface area contributed by atoms with Crippen molar-refractivity contribution in [3.05, 3.63) is 77.4 Å². The molecule has 5 heteroatoms. The topological polar surface area (TPSA) is 54.3 Å². The first kappa shape index (κ1) is 14.0. The van der Waals surface area contributed by atoms with Crippen LogP contribution in [-0.2, 0) is 0 Å². The predicted molar refractivity (Wildman–Crippen MR) is 78.9 cm³/mol. The van der Waals surface area contributed by atoms with E-state index in [1.807, 2.05) is 6.07 Å². The SMILES string of the molecule is C=C(C=Cc1ccco1)NNC(=O)c1cccc(Cl)c1. The van der Waals surface area contributed by atoms with Crippen LogP contribution in [0, 0.1) is 0 Å². The minimum Gasteiger partial charge on any atom is -0.465 e. The fourth-order valence-corrected chi connectivity index (χ4v) is 1.64. The number of nitrogens with one attached hydrogen (secondary N) is 2. The molecule has 2 rings (SSSR count). The normalized spacial score (nSPS) is 10.4. The van der Waals surface area contributed by atoms with E-state index in [1.165, 1.54) is 0 Å². The van der Waals surface area contributed by atoms with Crippen molar-refractivity contribution in [3.63, 3.8) is 0 Å². The molecule has 0 spiro atoms. The Balaban J connectivity index is 1.86. The molecule has 2 N–H and O–H groups in total. The lowest BCUT2D eigenvalue weighted by molar-refractivity contribution is 0.0939. The number of carbonyl (C=O) groups excluding carboxylic acids is 1. The number of halogens is 1. The average Bonchev–Trinajstić information content (AvgIpc) is 2.95. The number of hydrogen-bond donors (Lipinski definition) is 2. The highest BCUT2D eigenvalue weighted by Gasteiger charge is 2.04. The smallest absolute Gasteiger partial charge is 0.269 e. The first-order chi connectivity index (χ1) is 9.65. The number of hydrogen-bond acceptors (Lipinski definition) is 3. The Morgan fingerprint density at radius 2 is 2.10 bits per heavy atom. The molecule has 0 bridgehead atoms. The Labute approximate surface area is 121 Å². The molecule has 0 aliphatic heterocycles. The summed E-state index contributed by atoms with van der Waals surface area (Å²) in [6.45, 7) is 3.76. The van der Waals surface area contributed by atoms with E-state index in [0.29, 0.717) is 22.0 Å². The van der Waals surface area contributed by atoms with Gasteiger partial charge >= 0.3 is 0 Å². The van der Waals surface area contributed by atoms with Crippen molar-refractivity contribution in [1.29, 1.82) is 0 Å². The molecule has 1 amide bonds. The number of carbonyl (C=O) groups is 1. The summed E-state index contributed by atoms with van der Waals surface area (Å²) in [5.74, 6) is 0.411. The molecule has 102 valence electrons. The maximum atomic E-state index is 11.8. The maximum Gasteiger partial charge on any atom is 0.269 e. The van der Waals surface area contributed by atoms with Crippen molar-refractivity contribution in [1.82, 2.24) is 10.9 Å². The van der Waals surface area contributed by atoms with Crippen LogP contribution in [0.4, 0.5) is 0 Å². The number of hydrazine groups is 1.